The van der Waals surface area contributed by atoms with Crippen molar-refractivity contribution in [2.24, 2.45) is 0 Å². The number of hydrogen-bond acceptors (Lipinski definition) is 4. The van der Waals surface area contributed by atoms with Crippen LogP contribution in [0, 0.1) is 27.7 Å². The van der Waals surface area contributed by atoms with Crippen molar-refractivity contribution in [3.8, 4) is 5.75 Å². The molecule has 0 unspecified atom stereocenters. The molecule has 0 heterocycles. The van der Waals surface area contributed by atoms with Gasteiger partial charge in [-0.05, 0) is 93.1 Å². The molecule has 0 N–H and O–H groups in total. The molecule has 34 heavy (non-hydrogen) atoms. The van der Waals surface area contributed by atoms with Crippen molar-refractivity contribution in [3.63, 3.8) is 0 Å². The Hall–Kier alpha value is -3.12. The van der Waals surface area contributed by atoms with Crippen LogP contribution in [0.3, 0.4) is 0 Å². The molecule has 3 rings (SSSR count). The summed E-state index contributed by atoms with van der Waals surface area (Å²) in [7, 11) is -4.13. The number of benzene rings is 3. The lowest BCUT2D eigenvalue weighted by molar-refractivity contribution is -0.119. The Labute approximate surface area is 203 Å². The minimum absolute atomic E-state index is 0.0593. The standard InChI is InChI=1S/C28H33NO4S/c1-6-7-8-24-11-13-25(14-12-24)29(34(31,32)26-15-9-20(2)10-16-26)28(30)19-33-27-18-21(3)17-22(4)23(27)5/h9-18H,6-8,19H2,1-5H3. The quantitative estimate of drug-likeness (QED) is 0.374. The SMILES string of the molecule is CCCCc1ccc(N(C(=O)COc2cc(C)cc(C)c2C)S(=O)(=O)c2ccc(C)cc2)cc1. The number of nitrogens with zero attached hydrogens (tertiary/aromatic N) is 1. The largest absolute Gasteiger partial charge is 0.483 e. The van der Waals surface area contributed by atoms with E-state index in [0.717, 1.165) is 51.4 Å². The smallest absolute Gasteiger partial charge is 0.278 e. The number of hydrogen-bond donors (Lipinski definition) is 0. The third-order valence-electron chi connectivity index (χ3n) is 5.89. The van der Waals surface area contributed by atoms with Crippen LogP contribution in [-0.2, 0) is 21.2 Å². The number of anilines is 1. The monoisotopic (exact) mass is 479 g/mol. The van der Waals surface area contributed by atoms with Gasteiger partial charge in [0, 0.05) is 0 Å². The topological polar surface area (TPSA) is 63.7 Å². The van der Waals surface area contributed by atoms with Gasteiger partial charge in [-0.25, -0.2) is 8.42 Å². The summed E-state index contributed by atoms with van der Waals surface area (Å²) < 4.78 is 33.9. The molecular weight excluding hydrogens is 446 g/mol. The van der Waals surface area contributed by atoms with Crippen LogP contribution < -0.4 is 9.04 Å². The third-order valence-corrected chi connectivity index (χ3v) is 7.65. The lowest BCUT2D eigenvalue weighted by atomic mass is 10.1. The fourth-order valence-electron chi connectivity index (χ4n) is 3.76. The first kappa shape index (κ1) is 25.5. The van der Waals surface area contributed by atoms with Crippen LogP contribution in [0.2, 0.25) is 0 Å². The highest BCUT2D eigenvalue weighted by Crippen LogP contribution is 2.27. The Morgan fingerprint density at radius 2 is 1.53 bits per heavy atom. The van der Waals surface area contributed by atoms with Crippen LogP contribution in [0.1, 0.15) is 47.6 Å². The highest BCUT2D eigenvalue weighted by molar-refractivity contribution is 7.93. The summed E-state index contributed by atoms with van der Waals surface area (Å²) in [5.74, 6) is -0.0751. The van der Waals surface area contributed by atoms with Crippen molar-refractivity contribution in [2.45, 2.75) is 58.8 Å². The number of sulfonamides is 1. The molecule has 5 nitrogen and oxygen atoms in total. The van der Waals surface area contributed by atoms with Gasteiger partial charge in [0.1, 0.15) is 5.75 Å². The summed E-state index contributed by atoms with van der Waals surface area (Å²) in [4.78, 5) is 13.4. The Balaban J connectivity index is 1.95. The molecule has 0 saturated carbocycles. The van der Waals surface area contributed by atoms with Crippen molar-refractivity contribution < 1.29 is 17.9 Å². The number of unbranched alkanes of at least 4 members (excludes halogenated alkanes) is 1. The number of rotatable bonds is 9. The van der Waals surface area contributed by atoms with Gasteiger partial charge < -0.3 is 4.74 Å². The second kappa shape index (κ2) is 10.9. The van der Waals surface area contributed by atoms with Gasteiger partial charge >= 0.3 is 0 Å². The zero-order chi connectivity index (χ0) is 24.9. The second-order valence-electron chi connectivity index (χ2n) is 8.74. The summed E-state index contributed by atoms with van der Waals surface area (Å²) in [5.41, 5.74) is 5.32. The van der Waals surface area contributed by atoms with Gasteiger partial charge in [0.15, 0.2) is 6.61 Å². The van der Waals surface area contributed by atoms with Crippen molar-refractivity contribution in [1.82, 2.24) is 0 Å². The van der Waals surface area contributed by atoms with E-state index >= 15 is 0 Å². The maximum atomic E-state index is 13.6. The fraction of sp³-hybridized carbons (Fsp3) is 0.321. The normalized spacial score (nSPS) is 11.3. The zero-order valence-corrected chi connectivity index (χ0v) is 21.4. The van der Waals surface area contributed by atoms with Gasteiger partial charge in [-0.1, -0.05) is 49.2 Å². The molecule has 3 aromatic carbocycles. The highest BCUT2D eigenvalue weighted by atomic mass is 32.2. The van der Waals surface area contributed by atoms with E-state index in [9.17, 15) is 13.2 Å². The molecule has 0 atom stereocenters. The molecule has 180 valence electrons. The van der Waals surface area contributed by atoms with E-state index in [1.165, 1.54) is 12.1 Å². The Bertz CT molecular complexity index is 1250. The maximum absolute atomic E-state index is 13.6. The van der Waals surface area contributed by atoms with Crippen LogP contribution >= 0.6 is 0 Å². The molecule has 3 aromatic rings. The molecule has 1 amide bonds. The molecular formula is C28H33NO4S. The van der Waals surface area contributed by atoms with E-state index in [2.05, 4.69) is 6.92 Å². The third kappa shape index (κ3) is 5.86. The summed E-state index contributed by atoms with van der Waals surface area (Å²) in [6, 6.07) is 17.5. The first-order chi connectivity index (χ1) is 16.1. The number of ether oxygens (including phenoxy) is 1. The predicted octanol–water partition coefficient (Wildman–Crippen LogP) is 6.06. The summed E-state index contributed by atoms with van der Waals surface area (Å²) in [6.45, 7) is 9.46. The van der Waals surface area contributed by atoms with Crippen molar-refractivity contribution in [3.05, 3.63) is 88.5 Å². The Morgan fingerprint density at radius 3 is 2.15 bits per heavy atom. The van der Waals surface area contributed by atoms with Gasteiger partial charge in [-0.3, -0.25) is 4.79 Å². The predicted molar refractivity (Wildman–Crippen MR) is 137 cm³/mol. The molecule has 0 fully saturated rings. The van der Waals surface area contributed by atoms with Crippen LogP contribution in [0.25, 0.3) is 0 Å². The van der Waals surface area contributed by atoms with E-state index in [-0.39, 0.29) is 4.90 Å². The zero-order valence-electron chi connectivity index (χ0n) is 20.6. The van der Waals surface area contributed by atoms with Crippen molar-refractivity contribution in [2.75, 3.05) is 10.9 Å². The molecule has 0 spiro atoms. The van der Waals surface area contributed by atoms with E-state index in [1.54, 1.807) is 24.3 Å². The van der Waals surface area contributed by atoms with E-state index in [4.69, 9.17) is 4.74 Å². The molecule has 0 bridgehead atoms. The Morgan fingerprint density at radius 1 is 0.882 bits per heavy atom. The van der Waals surface area contributed by atoms with Gasteiger partial charge in [-0.15, -0.1) is 0 Å². The minimum atomic E-state index is -4.13. The lowest BCUT2D eigenvalue weighted by Gasteiger charge is -2.23. The minimum Gasteiger partial charge on any atom is -0.483 e. The number of aryl methyl sites for hydroxylation is 4. The van der Waals surface area contributed by atoms with Crippen LogP contribution in [0.5, 0.6) is 5.75 Å². The highest BCUT2D eigenvalue weighted by Gasteiger charge is 2.31. The van der Waals surface area contributed by atoms with Crippen LogP contribution in [0.4, 0.5) is 5.69 Å². The molecule has 0 radical (unpaired) electrons. The van der Waals surface area contributed by atoms with Gasteiger partial charge in [0.05, 0.1) is 10.6 Å². The van der Waals surface area contributed by atoms with Crippen molar-refractivity contribution >= 4 is 21.6 Å². The lowest BCUT2D eigenvalue weighted by Crippen LogP contribution is -2.40. The summed E-state index contributed by atoms with van der Waals surface area (Å²) in [6.07, 6.45) is 3.03. The maximum Gasteiger partial charge on any atom is 0.278 e. The van der Waals surface area contributed by atoms with Gasteiger partial charge in [0.2, 0.25) is 0 Å². The number of carbonyl (C=O) groups excluding carboxylic acids is 1. The van der Waals surface area contributed by atoms with E-state index in [1.807, 2.05) is 52.0 Å². The van der Waals surface area contributed by atoms with E-state index < -0.39 is 22.5 Å². The summed E-state index contributed by atoms with van der Waals surface area (Å²) >= 11 is 0. The summed E-state index contributed by atoms with van der Waals surface area (Å²) in [5, 5.41) is 0. The molecule has 0 aromatic heterocycles. The molecule has 6 heteroatoms. The van der Waals surface area contributed by atoms with Crippen LogP contribution in [0.15, 0.2) is 65.6 Å². The Kier molecular flexibility index (Phi) is 8.15. The first-order valence-electron chi connectivity index (χ1n) is 11.6. The second-order valence-corrected chi connectivity index (χ2v) is 10.5. The molecule has 0 saturated heterocycles. The molecule has 0 aliphatic rings. The number of amides is 1. The molecule has 0 aliphatic heterocycles. The number of carbonyl (C=O) groups is 1. The average Bonchev–Trinajstić information content (AvgIpc) is 2.80. The van der Waals surface area contributed by atoms with E-state index in [0.29, 0.717) is 11.4 Å². The van der Waals surface area contributed by atoms with Gasteiger partial charge in [-0.2, -0.15) is 4.31 Å². The van der Waals surface area contributed by atoms with Crippen LogP contribution in [-0.4, -0.2) is 20.9 Å². The van der Waals surface area contributed by atoms with Crippen molar-refractivity contribution in [1.29, 1.82) is 0 Å². The fourth-order valence-corrected chi connectivity index (χ4v) is 5.17. The average molecular weight is 480 g/mol. The molecule has 0 aliphatic carbocycles. The van der Waals surface area contributed by atoms with Gasteiger partial charge in [0.25, 0.3) is 15.9 Å². The first-order valence-corrected chi connectivity index (χ1v) is 13.0.